The summed E-state index contributed by atoms with van der Waals surface area (Å²) < 4.78 is 41.5. The zero-order valence-electron chi connectivity index (χ0n) is 13.7. The van der Waals surface area contributed by atoms with Gasteiger partial charge in [0, 0.05) is 17.7 Å². The van der Waals surface area contributed by atoms with Crippen LogP contribution in [0.25, 0.3) is 0 Å². The lowest BCUT2D eigenvalue weighted by Crippen LogP contribution is -2.48. The van der Waals surface area contributed by atoms with Gasteiger partial charge in [0.2, 0.25) is 11.9 Å². The lowest BCUT2D eigenvalue weighted by molar-refractivity contribution is -0.117. The number of hydrogen-bond acceptors (Lipinski definition) is 4. The Bertz CT molecular complexity index is 956. The molecule has 2 heterocycles. The molecule has 6 nitrogen and oxygen atoms in total. The highest BCUT2D eigenvalue weighted by Crippen LogP contribution is 2.55. The van der Waals surface area contributed by atoms with Crippen LogP contribution in [0.4, 0.5) is 19.1 Å². The predicted molar refractivity (Wildman–Crippen MR) is 89.1 cm³/mol. The number of alkyl halides is 1. The van der Waals surface area contributed by atoms with E-state index in [0.29, 0.717) is 0 Å². The van der Waals surface area contributed by atoms with Gasteiger partial charge < -0.3 is 4.90 Å². The van der Waals surface area contributed by atoms with E-state index in [-0.39, 0.29) is 35.1 Å². The third-order valence-electron chi connectivity index (χ3n) is 4.77. The van der Waals surface area contributed by atoms with Crippen molar-refractivity contribution in [3.05, 3.63) is 52.3 Å². The van der Waals surface area contributed by atoms with E-state index in [9.17, 15) is 22.8 Å². The summed E-state index contributed by atoms with van der Waals surface area (Å²) in [6.45, 7) is -0.549. The van der Waals surface area contributed by atoms with Gasteiger partial charge in [0.05, 0.1) is 22.8 Å². The van der Waals surface area contributed by atoms with Gasteiger partial charge in [0.1, 0.15) is 18.5 Å². The average molecular weight is 397 g/mol. The molecule has 2 atom stereocenters. The van der Waals surface area contributed by atoms with Gasteiger partial charge in [-0.25, -0.2) is 23.1 Å². The van der Waals surface area contributed by atoms with Gasteiger partial charge in [-0.1, -0.05) is 11.6 Å². The number of halogens is 4. The van der Waals surface area contributed by atoms with Crippen LogP contribution >= 0.6 is 11.6 Å². The molecule has 1 aromatic heterocycles. The fourth-order valence-electron chi connectivity index (χ4n) is 3.40. The van der Waals surface area contributed by atoms with Gasteiger partial charge in [-0.15, -0.1) is 0 Å². The summed E-state index contributed by atoms with van der Waals surface area (Å²) in [5.74, 6) is -2.83. The van der Waals surface area contributed by atoms with Crippen molar-refractivity contribution in [2.75, 3.05) is 18.4 Å². The van der Waals surface area contributed by atoms with Crippen LogP contribution < -0.4 is 5.32 Å². The molecule has 10 heteroatoms. The van der Waals surface area contributed by atoms with E-state index < -0.39 is 41.6 Å². The first-order chi connectivity index (χ1) is 12.8. The van der Waals surface area contributed by atoms with Crippen molar-refractivity contribution in [1.82, 2.24) is 14.9 Å². The number of fused-ring (bicyclic) bond motifs is 2. The molecule has 1 N–H and O–H groups in total. The molecule has 0 radical (unpaired) electrons. The maximum absolute atomic E-state index is 14.5. The number of nitrogens with one attached hydrogen (secondary N) is 1. The highest BCUT2D eigenvalue weighted by Gasteiger charge is 2.62. The van der Waals surface area contributed by atoms with Crippen molar-refractivity contribution >= 4 is 29.4 Å². The Morgan fingerprint density at radius 1 is 1.33 bits per heavy atom. The lowest BCUT2D eigenvalue weighted by atomic mass is 9.85. The summed E-state index contributed by atoms with van der Waals surface area (Å²) in [5, 5.41) is 2.15. The Labute approximate surface area is 156 Å². The number of hydrogen-bond donors (Lipinski definition) is 1. The fourth-order valence-corrected chi connectivity index (χ4v) is 3.56. The minimum atomic E-state index is -1.33. The van der Waals surface area contributed by atoms with Gasteiger partial charge in [0.15, 0.2) is 5.82 Å². The summed E-state index contributed by atoms with van der Waals surface area (Å²) in [4.78, 5) is 33.2. The Balaban J connectivity index is 1.58. The van der Waals surface area contributed by atoms with Crippen molar-refractivity contribution in [1.29, 1.82) is 0 Å². The van der Waals surface area contributed by atoms with Crippen LogP contribution in [-0.4, -0.2) is 45.9 Å². The van der Waals surface area contributed by atoms with Crippen molar-refractivity contribution < 1.29 is 22.8 Å². The first-order valence-electron chi connectivity index (χ1n) is 8.01. The molecule has 2 amide bonds. The van der Waals surface area contributed by atoms with Gasteiger partial charge in [-0.2, -0.15) is 0 Å². The van der Waals surface area contributed by atoms with Crippen molar-refractivity contribution in [2.24, 2.45) is 0 Å². The maximum atomic E-state index is 14.5. The predicted octanol–water partition coefficient (Wildman–Crippen LogP) is 2.48. The Kier molecular flexibility index (Phi) is 4.06. The minimum absolute atomic E-state index is 0.00543. The molecule has 1 saturated carbocycles. The third-order valence-corrected chi connectivity index (χ3v) is 5.06. The number of carbonyl (C=O) groups is 2. The summed E-state index contributed by atoms with van der Waals surface area (Å²) in [6.07, 6.45) is 0.474. The molecular formula is C17H12ClF3N4O2. The second-order valence-corrected chi connectivity index (χ2v) is 6.95. The number of anilines is 1. The number of aromatic nitrogens is 2. The van der Waals surface area contributed by atoms with E-state index >= 15 is 0 Å². The molecule has 2 aliphatic rings. The van der Waals surface area contributed by atoms with Crippen LogP contribution in [-0.2, 0) is 10.2 Å². The van der Waals surface area contributed by atoms with Crippen LogP contribution in [0, 0.1) is 11.6 Å². The Morgan fingerprint density at radius 3 is 2.63 bits per heavy atom. The largest absolute Gasteiger partial charge is 0.328 e. The molecule has 0 bridgehead atoms. The molecule has 0 saturated heterocycles. The lowest BCUT2D eigenvalue weighted by Gasteiger charge is -2.34. The van der Waals surface area contributed by atoms with Crippen LogP contribution in [0.1, 0.15) is 22.3 Å². The van der Waals surface area contributed by atoms with Crippen molar-refractivity contribution in [3.63, 3.8) is 0 Å². The topological polar surface area (TPSA) is 75.2 Å². The highest BCUT2D eigenvalue weighted by atomic mass is 35.5. The molecule has 1 fully saturated rings. The molecule has 140 valence electrons. The SMILES string of the molecule is O=C(CN1C[C@@]2(C[C@@H]2F)c2c(ccc(Cl)c2F)C1=O)Nc1ncc(F)cn1. The Morgan fingerprint density at radius 2 is 2.00 bits per heavy atom. The number of benzene rings is 1. The molecule has 2 aromatic rings. The number of amides is 2. The molecular weight excluding hydrogens is 385 g/mol. The summed E-state index contributed by atoms with van der Waals surface area (Å²) in [7, 11) is 0. The van der Waals surface area contributed by atoms with E-state index in [1.807, 2.05) is 0 Å². The Hall–Kier alpha value is -2.68. The van der Waals surface area contributed by atoms with Crippen molar-refractivity contribution in [2.45, 2.75) is 18.0 Å². The maximum Gasteiger partial charge on any atom is 0.254 e. The van der Waals surface area contributed by atoms with Gasteiger partial charge >= 0.3 is 0 Å². The smallest absolute Gasteiger partial charge is 0.254 e. The number of rotatable bonds is 3. The van der Waals surface area contributed by atoms with Crippen molar-refractivity contribution in [3.8, 4) is 0 Å². The number of carbonyl (C=O) groups excluding carboxylic acids is 2. The minimum Gasteiger partial charge on any atom is -0.328 e. The molecule has 27 heavy (non-hydrogen) atoms. The van der Waals surface area contributed by atoms with Gasteiger partial charge in [-0.3, -0.25) is 14.9 Å². The van der Waals surface area contributed by atoms with Crippen LogP contribution in [0.5, 0.6) is 0 Å². The van der Waals surface area contributed by atoms with Crippen LogP contribution in [0.3, 0.4) is 0 Å². The van der Waals surface area contributed by atoms with Gasteiger partial charge in [-0.05, 0) is 18.6 Å². The van der Waals surface area contributed by atoms with E-state index in [4.69, 9.17) is 11.6 Å². The molecule has 1 aliphatic heterocycles. The van der Waals surface area contributed by atoms with Gasteiger partial charge in [0.25, 0.3) is 5.91 Å². The zero-order valence-corrected chi connectivity index (χ0v) is 14.4. The third kappa shape index (κ3) is 2.91. The second-order valence-electron chi connectivity index (χ2n) is 6.55. The zero-order chi connectivity index (χ0) is 19.3. The first kappa shape index (κ1) is 17.7. The molecule has 1 aliphatic carbocycles. The van der Waals surface area contributed by atoms with Crippen LogP contribution in [0.2, 0.25) is 5.02 Å². The monoisotopic (exact) mass is 396 g/mol. The van der Waals surface area contributed by atoms with E-state index in [0.717, 1.165) is 17.3 Å². The molecule has 1 spiro atoms. The average Bonchev–Trinajstić information content (AvgIpc) is 3.26. The summed E-state index contributed by atoms with van der Waals surface area (Å²) in [5.41, 5.74) is -1.22. The first-order valence-corrected chi connectivity index (χ1v) is 8.39. The van der Waals surface area contributed by atoms with E-state index in [2.05, 4.69) is 15.3 Å². The van der Waals surface area contributed by atoms with E-state index in [1.54, 1.807) is 0 Å². The quantitative estimate of drug-likeness (QED) is 0.865. The fraction of sp³-hybridized carbons (Fsp3) is 0.294. The second kappa shape index (κ2) is 6.19. The van der Waals surface area contributed by atoms with Crippen LogP contribution in [0.15, 0.2) is 24.5 Å². The molecule has 0 unspecified atom stereocenters. The standard InChI is InChI=1S/C17H12ClF3N4O2/c18-10-2-1-9-13(14(10)21)17(3-11(17)20)7-25(15(9)27)6-12(26)24-16-22-4-8(19)5-23-16/h1-2,4-5,11H,3,6-7H2,(H,22,23,24,26)/t11-,17+/m0/s1. The molecule has 1 aromatic carbocycles. The number of nitrogens with zero attached hydrogens (tertiary/aromatic N) is 3. The molecule has 4 rings (SSSR count). The summed E-state index contributed by atoms with van der Waals surface area (Å²) >= 11 is 5.79. The summed E-state index contributed by atoms with van der Waals surface area (Å²) in [6, 6.07) is 2.57. The normalized spacial score (nSPS) is 23.3. The van der Waals surface area contributed by atoms with E-state index in [1.165, 1.54) is 12.1 Å². The highest BCUT2D eigenvalue weighted by molar-refractivity contribution is 6.31.